The summed E-state index contributed by atoms with van der Waals surface area (Å²) in [4.78, 5) is 0. The van der Waals surface area contributed by atoms with Crippen LogP contribution in [0.25, 0.3) is 0 Å². The van der Waals surface area contributed by atoms with Crippen molar-refractivity contribution < 1.29 is 9.47 Å². The molecule has 0 saturated carbocycles. The molecule has 0 aromatic heterocycles. The fourth-order valence-electron chi connectivity index (χ4n) is 1.47. The first-order chi connectivity index (χ1) is 6.13. The molecule has 1 saturated heterocycles. The predicted molar refractivity (Wildman–Crippen MR) is 59.8 cm³/mol. The molecule has 78 valence electrons. The van der Waals surface area contributed by atoms with Gasteiger partial charge in [-0.25, -0.2) is 3.11 Å². The van der Waals surface area contributed by atoms with E-state index in [-0.39, 0.29) is 18.2 Å². The van der Waals surface area contributed by atoms with Crippen LogP contribution in [0.4, 0.5) is 0 Å². The molecule has 1 heterocycles. The third-order valence-corrected chi connectivity index (χ3v) is 2.86. The quantitative estimate of drug-likeness (QED) is 0.603. The first-order valence-corrected chi connectivity index (χ1v) is 5.40. The number of nitrogens with two attached hydrogens (primary N) is 1. The first kappa shape index (κ1) is 11.6. The minimum absolute atomic E-state index is 0.129. The van der Waals surface area contributed by atoms with Crippen molar-refractivity contribution >= 4 is 22.9 Å². The second-order valence-corrected chi connectivity index (χ2v) is 4.80. The highest BCUT2D eigenvalue weighted by Gasteiger charge is 2.30. The molecule has 4 nitrogen and oxygen atoms in total. The molecule has 2 N–H and O–H groups in total. The zero-order valence-electron chi connectivity index (χ0n) is 8.07. The van der Waals surface area contributed by atoms with E-state index < -0.39 is 0 Å². The molecule has 0 aromatic carbocycles. The molecule has 1 aliphatic heterocycles. The van der Waals surface area contributed by atoms with Gasteiger partial charge in [0.1, 0.15) is 0 Å². The van der Waals surface area contributed by atoms with Gasteiger partial charge in [0, 0.05) is 49.1 Å². The van der Waals surface area contributed by atoms with E-state index in [1.165, 1.54) is 0 Å². The molecule has 5 heteroatoms. The van der Waals surface area contributed by atoms with Gasteiger partial charge < -0.3 is 15.2 Å². The van der Waals surface area contributed by atoms with Crippen molar-refractivity contribution in [1.29, 1.82) is 0 Å². The van der Waals surface area contributed by atoms with E-state index in [4.69, 9.17) is 15.2 Å². The van der Waals surface area contributed by atoms with E-state index in [9.17, 15) is 0 Å². The molecule has 1 fully saturated rings. The van der Waals surface area contributed by atoms with Gasteiger partial charge in [-0.1, -0.05) is 0 Å². The van der Waals surface area contributed by atoms with Gasteiger partial charge in [0.2, 0.25) is 0 Å². The van der Waals surface area contributed by atoms with Crippen molar-refractivity contribution in [2.75, 3.05) is 26.8 Å². The van der Waals surface area contributed by atoms with Crippen molar-refractivity contribution in [2.24, 2.45) is 5.73 Å². The number of rotatable bonds is 4. The van der Waals surface area contributed by atoms with E-state index >= 15 is 0 Å². The van der Waals surface area contributed by atoms with Crippen LogP contribution in [-0.2, 0) is 9.47 Å². The van der Waals surface area contributed by atoms with Gasteiger partial charge in [0.05, 0.1) is 18.8 Å². The highest BCUT2D eigenvalue weighted by Crippen LogP contribution is 2.16. The van der Waals surface area contributed by atoms with Crippen LogP contribution in [0, 0.1) is 0 Å². The van der Waals surface area contributed by atoms with Crippen molar-refractivity contribution in [3.63, 3.8) is 0 Å². The van der Waals surface area contributed by atoms with Crippen LogP contribution in [0.15, 0.2) is 0 Å². The Kier molecular flexibility index (Phi) is 4.88. The highest BCUT2D eigenvalue weighted by molar-refractivity contribution is 14.1. The lowest BCUT2D eigenvalue weighted by Crippen LogP contribution is -2.38. The third kappa shape index (κ3) is 3.67. The van der Waals surface area contributed by atoms with Crippen molar-refractivity contribution in [1.82, 2.24) is 3.11 Å². The van der Waals surface area contributed by atoms with Crippen LogP contribution >= 0.6 is 22.9 Å². The minimum Gasteiger partial charge on any atom is -0.382 e. The summed E-state index contributed by atoms with van der Waals surface area (Å²) in [6.45, 7) is 4.46. The Hall–Kier alpha value is 0.570. The van der Waals surface area contributed by atoms with Crippen molar-refractivity contribution in [2.45, 2.75) is 25.2 Å². The molecule has 0 aromatic rings. The lowest BCUT2D eigenvalue weighted by Gasteiger charge is -2.20. The predicted octanol–water partition coefficient (Wildman–Crippen LogP) is 0.399. The zero-order valence-corrected chi connectivity index (χ0v) is 10.2. The van der Waals surface area contributed by atoms with E-state index in [2.05, 4.69) is 26.0 Å². The topological polar surface area (TPSA) is 47.7 Å². The molecule has 1 aliphatic rings. The molecular weight excluding hydrogens is 283 g/mol. The average molecular weight is 300 g/mol. The van der Waals surface area contributed by atoms with Crippen LogP contribution in [0.2, 0.25) is 0 Å². The summed E-state index contributed by atoms with van der Waals surface area (Å²) in [5.41, 5.74) is 5.90. The number of ether oxygens (including phenoxy) is 2. The van der Waals surface area contributed by atoms with Crippen molar-refractivity contribution in [3.05, 3.63) is 0 Å². The Morgan fingerprint density at radius 3 is 2.77 bits per heavy atom. The van der Waals surface area contributed by atoms with E-state index in [0.717, 1.165) is 13.1 Å². The maximum atomic E-state index is 5.90. The summed E-state index contributed by atoms with van der Waals surface area (Å²) in [7, 11) is 1.68. The SMILES string of the molecule is COCC(C)OC1CN(I)CC1N. The molecular formula is C8H17IN2O2. The summed E-state index contributed by atoms with van der Waals surface area (Å²) in [5.74, 6) is 0. The average Bonchev–Trinajstić information content (AvgIpc) is 2.30. The van der Waals surface area contributed by atoms with E-state index in [0.29, 0.717) is 6.61 Å². The smallest absolute Gasteiger partial charge is 0.0878 e. The van der Waals surface area contributed by atoms with Gasteiger partial charge in [-0.15, -0.1) is 0 Å². The van der Waals surface area contributed by atoms with Gasteiger partial charge >= 0.3 is 0 Å². The van der Waals surface area contributed by atoms with Crippen LogP contribution in [0.3, 0.4) is 0 Å². The Labute approximate surface area is 93.2 Å². The van der Waals surface area contributed by atoms with Gasteiger partial charge in [-0.05, 0) is 6.92 Å². The van der Waals surface area contributed by atoms with Crippen molar-refractivity contribution in [3.8, 4) is 0 Å². The highest BCUT2D eigenvalue weighted by atomic mass is 127. The largest absolute Gasteiger partial charge is 0.382 e. The van der Waals surface area contributed by atoms with Gasteiger partial charge in [0.25, 0.3) is 0 Å². The Balaban J connectivity index is 2.28. The number of hydrogen-bond donors (Lipinski definition) is 1. The van der Waals surface area contributed by atoms with Gasteiger partial charge in [-0.2, -0.15) is 0 Å². The molecule has 0 aliphatic carbocycles. The number of hydrogen-bond acceptors (Lipinski definition) is 4. The van der Waals surface area contributed by atoms with Crippen LogP contribution in [0.5, 0.6) is 0 Å². The number of halogens is 1. The van der Waals surface area contributed by atoms with Crippen LogP contribution < -0.4 is 5.73 Å². The summed E-state index contributed by atoms with van der Waals surface area (Å²) in [6.07, 6.45) is 0.283. The molecule has 3 atom stereocenters. The molecule has 0 radical (unpaired) electrons. The summed E-state index contributed by atoms with van der Waals surface area (Å²) >= 11 is 2.27. The van der Waals surface area contributed by atoms with Gasteiger partial charge in [-0.3, -0.25) is 0 Å². The molecule has 0 bridgehead atoms. The Morgan fingerprint density at radius 1 is 1.62 bits per heavy atom. The monoisotopic (exact) mass is 300 g/mol. The third-order valence-electron chi connectivity index (χ3n) is 2.07. The Bertz CT molecular complexity index is 159. The fraction of sp³-hybridized carbons (Fsp3) is 1.00. The van der Waals surface area contributed by atoms with Crippen LogP contribution in [0.1, 0.15) is 6.92 Å². The summed E-state index contributed by atoms with van der Waals surface area (Å²) < 4.78 is 12.9. The maximum absolute atomic E-state index is 5.90. The lowest BCUT2D eigenvalue weighted by atomic mass is 10.2. The molecule has 3 unspecified atom stereocenters. The standard InChI is InChI=1S/C8H17IN2O2/c1-6(5-12-2)13-8-4-11(9)3-7(8)10/h6-8H,3-5,10H2,1-2H3. The molecule has 0 spiro atoms. The normalized spacial score (nSPS) is 32.3. The fourth-order valence-corrected chi connectivity index (χ4v) is 2.31. The summed E-state index contributed by atoms with van der Waals surface area (Å²) in [5, 5.41) is 0. The number of methoxy groups -OCH3 is 1. The second-order valence-electron chi connectivity index (χ2n) is 3.43. The molecule has 0 amide bonds. The molecule has 13 heavy (non-hydrogen) atoms. The maximum Gasteiger partial charge on any atom is 0.0878 e. The molecule has 1 rings (SSSR count). The van der Waals surface area contributed by atoms with Gasteiger partial charge in [0.15, 0.2) is 0 Å². The summed E-state index contributed by atoms with van der Waals surface area (Å²) in [6, 6.07) is 0.135. The van der Waals surface area contributed by atoms with Crippen LogP contribution in [-0.4, -0.2) is 48.2 Å². The van der Waals surface area contributed by atoms with E-state index in [1.807, 2.05) is 6.92 Å². The lowest BCUT2D eigenvalue weighted by molar-refractivity contribution is -0.0364. The second kappa shape index (κ2) is 5.45. The van der Waals surface area contributed by atoms with E-state index in [1.54, 1.807) is 7.11 Å². The number of nitrogens with zero attached hydrogens (tertiary/aromatic N) is 1. The Morgan fingerprint density at radius 2 is 2.31 bits per heavy atom. The minimum atomic E-state index is 0.129. The first-order valence-electron chi connectivity index (χ1n) is 4.44. The zero-order chi connectivity index (χ0) is 9.84.